The summed E-state index contributed by atoms with van der Waals surface area (Å²) in [7, 11) is 1.33. The fourth-order valence-electron chi connectivity index (χ4n) is 3.30. The van der Waals surface area contributed by atoms with Crippen LogP contribution in [0.25, 0.3) is 11.3 Å². The molecule has 1 fully saturated rings. The third-order valence-electron chi connectivity index (χ3n) is 4.72. The molecule has 1 aliphatic heterocycles. The number of hydrogen-bond donors (Lipinski definition) is 1. The first kappa shape index (κ1) is 18.9. The predicted octanol–water partition coefficient (Wildman–Crippen LogP) is 3.16. The van der Waals surface area contributed by atoms with E-state index in [0.29, 0.717) is 25.3 Å². The Balaban J connectivity index is 1.69. The molecule has 150 valence electrons. The van der Waals surface area contributed by atoms with Crippen molar-refractivity contribution in [2.24, 2.45) is 0 Å². The first-order chi connectivity index (χ1) is 14.1. The number of anilines is 1. The first-order valence-corrected chi connectivity index (χ1v) is 8.92. The molecule has 0 aliphatic carbocycles. The molecule has 29 heavy (non-hydrogen) atoms. The summed E-state index contributed by atoms with van der Waals surface area (Å²) in [5, 5.41) is 13.8. The van der Waals surface area contributed by atoms with Crippen molar-refractivity contribution >= 4 is 11.8 Å². The highest BCUT2D eigenvalue weighted by Crippen LogP contribution is 2.35. The number of carboxylic acid groups (broad SMARTS) is 1. The van der Waals surface area contributed by atoms with Crippen LogP contribution in [-0.4, -0.2) is 48.0 Å². The number of benzene rings is 1. The van der Waals surface area contributed by atoms with Crippen LogP contribution in [0.3, 0.4) is 0 Å². The van der Waals surface area contributed by atoms with E-state index in [-0.39, 0.29) is 29.0 Å². The number of carboxylic acids is 1. The summed E-state index contributed by atoms with van der Waals surface area (Å²) in [6.45, 7) is 1.24. The number of pyridine rings is 1. The molecule has 0 radical (unpaired) electrons. The Morgan fingerprint density at radius 3 is 2.97 bits per heavy atom. The fraction of sp³-hybridized carbons (Fsp3) is 0.250. The van der Waals surface area contributed by atoms with Crippen LogP contribution in [0.2, 0.25) is 0 Å². The van der Waals surface area contributed by atoms with E-state index >= 15 is 0 Å². The average molecular weight is 399 g/mol. The predicted molar refractivity (Wildman–Crippen MR) is 101 cm³/mol. The van der Waals surface area contributed by atoms with Gasteiger partial charge in [0.15, 0.2) is 28.7 Å². The minimum atomic E-state index is -1.19. The van der Waals surface area contributed by atoms with Gasteiger partial charge in [-0.3, -0.25) is 4.98 Å². The highest BCUT2D eigenvalue weighted by Gasteiger charge is 2.31. The van der Waals surface area contributed by atoms with Gasteiger partial charge in [-0.05, 0) is 24.3 Å². The van der Waals surface area contributed by atoms with Crippen LogP contribution in [0, 0.1) is 5.82 Å². The second kappa shape index (κ2) is 7.88. The zero-order valence-electron chi connectivity index (χ0n) is 15.5. The topological polar surface area (TPSA) is 97.9 Å². The number of hydrogen-bond acceptors (Lipinski definition) is 7. The molecular formula is C20H18FN3O5. The molecule has 0 amide bonds. The number of carbonyl (C=O) groups is 1. The first-order valence-electron chi connectivity index (χ1n) is 8.92. The number of morpholine rings is 1. The maximum absolute atomic E-state index is 13.7. The van der Waals surface area contributed by atoms with Crippen LogP contribution in [0.4, 0.5) is 10.2 Å². The van der Waals surface area contributed by atoms with Gasteiger partial charge in [0, 0.05) is 30.1 Å². The van der Waals surface area contributed by atoms with E-state index in [1.807, 2.05) is 12.1 Å². The lowest BCUT2D eigenvalue weighted by Crippen LogP contribution is -2.39. The largest absolute Gasteiger partial charge is 0.494 e. The van der Waals surface area contributed by atoms with Crippen LogP contribution >= 0.6 is 0 Å². The van der Waals surface area contributed by atoms with E-state index in [2.05, 4.69) is 10.1 Å². The molecule has 3 aromatic rings. The monoisotopic (exact) mass is 399 g/mol. The van der Waals surface area contributed by atoms with Gasteiger partial charge in [0.05, 0.1) is 20.3 Å². The standard InChI is InChI=1S/C20H18FN3O5/c1-27-15-9-12(4-5-14(15)21)18-17(20(25)26)19(23-29-18)24-7-8-28-16(11-24)13-3-2-6-22-10-13/h2-6,9-10,16H,7-8,11H2,1H3,(H,25,26). The fourth-order valence-corrected chi connectivity index (χ4v) is 3.30. The lowest BCUT2D eigenvalue weighted by molar-refractivity contribution is 0.0389. The van der Waals surface area contributed by atoms with Crippen LogP contribution in [0.1, 0.15) is 22.0 Å². The summed E-state index contributed by atoms with van der Waals surface area (Å²) < 4.78 is 29.9. The Bertz CT molecular complexity index is 1020. The van der Waals surface area contributed by atoms with Crippen molar-refractivity contribution in [3.05, 3.63) is 59.7 Å². The zero-order chi connectivity index (χ0) is 20.4. The Morgan fingerprint density at radius 2 is 2.24 bits per heavy atom. The van der Waals surface area contributed by atoms with Crippen LogP contribution < -0.4 is 9.64 Å². The van der Waals surface area contributed by atoms with E-state index in [1.54, 1.807) is 17.3 Å². The number of nitrogens with zero attached hydrogens (tertiary/aromatic N) is 3. The Labute approximate surface area is 165 Å². The zero-order valence-corrected chi connectivity index (χ0v) is 15.5. The lowest BCUT2D eigenvalue weighted by atomic mass is 10.1. The van der Waals surface area contributed by atoms with Crippen LogP contribution in [0.15, 0.2) is 47.2 Å². The summed E-state index contributed by atoms with van der Waals surface area (Å²) in [6.07, 6.45) is 3.11. The van der Waals surface area contributed by atoms with Gasteiger partial charge in [-0.15, -0.1) is 0 Å². The summed E-state index contributed by atoms with van der Waals surface area (Å²) in [5.74, 6) is -1.52. The second-order valence-corrected chi connectivity index (χ2v) is 6.46. The quantitative estimate of drug-likeness (QED) is 0.699. The van der Waals surface area contributed by atoms with Crippen molar-refractivity contribution in [3.8, 4) is 17.1 Å². The van der Waals surface area contributed by atoms with Crippen LogP contribution in [0.5, 0.6) is 5.75 Å². The molecule has 3 heterocycles. The molecule has 8 nitrogen and oxygen atoms in total. The number of ether oxygens (including phenoxy) is 2. The second-order valence-electron chi connectivity index (χ2n) is 6.46. The van der Waals surface area contributed by atoms with E-state index in [4.69, 9.17) is 14.0 Å². The molecule has 4 rings (SSSR count). The Kier molecular flexibility index (Phi) is 5.13. The van der Waals surface area contributed by atoms with Crippen molar-refractivity contribution in [2.45, 2.75) is 6.10 Å². The van der Waals surface area contributed by atoms with Gasteiger partial charge in [-0.2, -0.15) is 0 Å². The minimum absolute atomic E-state index is 0.0141. The van der Waals surface area contributed by atoms with Crippen molar-refractivity contribution < 1.29 is 28.3 Å². The molecular weight excluding hydrogens is 381 g/mol. The molecule has 2 aromatic heterocycles. The van der Waals surface area contributed by atoms with Gasteiger partial charge in [0.1, 0.15) is 6.10 Å². The van der Waals surface area contributed by atoms with Gasteiger partial charge in [-0.25, -0.2) is 9.18 Å². The maximum Gasteiger partial charge on any atom is 0.343 e. The van der Waals surface area contributed by atoms with E-state index in [9.17, 15) is 14.3 Å². The molecule has 1 saturated heterocycles. The highest BCUT2D eigenvalue weighted by atomic mass is 19.1. The minimum Gasteiger partial charge on any atom is -0.494 e. The summed E-state index contributed by atoms with van der Waals surface area (Å²) >= 11 is 0. The number of rotatable bonds is 5. The van der Waals surface area contributed by atoms with E-state index < -0.39 is 11.8 Å². The van der Waals surface area contributed by atoms with Crippen LogP contribution in [-0.2, 0) is 4.74 Å². The van der Waals surface area contributed by atoms with Crippen molar-refractivity contribution in [1.82, 2.24) is 10.1 Å². The lowest BCUT2D eigenvalue weighted by Gasteiger charge is -2.33. The summed E-state index contributed by atoms with van der Waals surface area (Å²) in [6, 6.07) is 7.71. The molecule has 0 spiro atoms. The number of aromatic carboxylic acids is 1. The third kappa shape index (κ3) is 3.64. The third-order valence-corrected chi connectivity index (χ3v) is 4.72. The maximum atomic E-state index is 13.7. The van der Waals surface area contributed by atoms with E-state index in [1.165, 1.54) is 25.3 Å². The Morgan fingerprint density at radius 1 is 1.38 bits per heavy atom. The van der Waals surface area contributed by atoms with Crippen molar-refractivity contribution in [3.63, 3.8) is 0 Å². The number of halogens is 1. The van der Waals surface area contributed by atoms with Gasteiger partial charge < -0.3 is 24.0 Å². The average Bonchev–Trinajstić information content (AvgIpc) is 3.20. The molecule has 9 heteroatoms. The molecule has 1 unspecified atom stereocenters. The molecule has 1 aromatic carbocycles. The van der Waals surface area contributed by atoms with Gasteiger partial charge in [-0.1, -0.05) is 11.2 Å². The molecule has 0 saturated carbocycles. The number of aromatic nitrogens is 2. The number of methoxy groups -OCH3 is 1. The Hall–Kier alpha value is -3.46. The van der Waals surface area contributed by atoms with Gasteiger partial charge >= 0.3 is 5.97 Å². The molecule has 1 N–H and O–H groups in total. The smallest absolute Gasteiger partial charge is 0.343 e. The summed E-state index contributed by atoms with van der Waals surface area (Å²) in [4.78, 5) is 17.9. The van der Waals surface area contributed by atoms with Crippen molar-refractivity contribution in [1.29, 1.82) is 0 Å². The molecule has 1 atom stereocenters. The molecule has 1 aliphatic rings. The van der Waals surface area contributed by atoms with E-state index in [0.717, 1.165) is 5.56 Å². The van der Waals surface area contributed by atoms with Crippen molar-refractivity contribution in [2.75, 3.05) is 31.7 Å². The SMILES string of the molecule is COc1cc(-c2onc(N3CCOC(c4cccnc4)C3)c2C(=O)O)ccc1F. The molecule has 0 bridgehead atoms. The van der Waals surface area contributed by atoms with Gasteiger partial charge in [0.25, 0.3) is 0 Å². The van der Waals surface area contributed by atoms with Gasteiger partial charge in [0.2, 0.25) is 0 Å². The normalized spacial score (nSPS) is 16.6. The summed E-state index contributed by atoms with van der Waals surface area (Å²) in [5.41, 5.74) is 1.16. The highest BCUT2D eigenvalue weighted by molar-refractivity contribution is 5.99.